The van der Waals surface area contributed by atoms with E-state index >= 15 is 0 Å². The van der Waals surface area contributed by atoms with Gasteiger partial charge in [-0.1, -0.05) is 24.3 Å². The van der Waals surface area contributed by atoms with E-state index < -0.39 is 0 Å². The molecule has 1 spiro atoms. The van der Waals surface area contributed by atoms with Crippen molar-refractivity contribution in [3.8, 4) is 0 Å². The molecular weight excluding hydrogens is 451 g/mol. The summed E-state index contributed by atoms with van der Waals surface area (Å²) < 4.78 is 13.6. The van der Waals surface area contributed by atoms with E-state index in [1.165, 1.54) is 24.0 Å². The molecule has 1 saturated carbocycles. The number of nitrogens with one attached hydrogen (secondary N) is 1. The van der Waals surface area contributed by atoms with Crippen LogP contribution in [0.3, 0.4) is 0 Å². The molecule has 1 atom stereocenters. The monoisotopic (exact) mass is 480 g/mol. The molecular formula is C30H29FN4O. The highest BCUT2D eigenvalue weighted by molar-refractivity contribution is 5.97. The summed E-state index contributed by atoms with van der Waals surface area (Å²) in [5.74, 6) is 0.610. The van der Waals surface area contributed by atoms with Crippen molar-refractivity contribution in [2.45, 2.75) is 37.6 Å². The van der Waals surface area contributed by atoms with Crippen LogP contribution >= 0.6 is 0 Å². The summed E-state index contributed by atoms with van der Waals surface area (Å²) in [4.78, 5) is 25.1. The minimum atomic E-state index is -0.209. The standard InChI is InChI=1S/C30H29FN4O/c31-24-8-10-25(11-9-24)35-18-30(28(35)22-5-3-21(4-6-22)20-1-2-20)13-15-34(16-14-30)29(36)23-7-12-26-27(17-23)33-19-32-26/h3-12,17,19-20,28H,1-2,13-16,18H2,(H,32,33). The van der Waals surface area contributed by atoms with Crippen molar-refractivity contribution >= 4 is 22.6 Å². The van der Waals surface area contributed by atoms with Crippen LogP contribution in [0.2, 0.25) is 0 Å². The first kappa shape index (κ1) is 21.6. The molecule has 3 aliphatic rings. The number of H-pyrrole nitrogens is 1. The Morgan fingerprint density at radius 1 is 0.944 bits per heavy atom. The van der Waals surface area contributed by atoms with Gasteiger partial charge in [-0.05, 0) is 85.2 Å². The van der Waals surface area contributed by atoms with Gasteiger partial charge in [0.05, 0.1) is 23.4 Å². The van der Waals surface area contributed by atoms with E-state index in [0.29, 0.717) is 5.56 Å². The van der Waals surface area contributed by atoms with Crippen LogP contribution < -0.4 is 4.90 Å². The highest BCUT2D eigenvalue weighted by Gasteiger charge is 2.54. The first-order chi connectivity index (χ1) is 17.6. The number of aromatic nitrogens is 2. The molecule has 1 amide bonds. The predicted molar refractivity (Wildman–Crippen MR) is 139 cm³/mol. The zero-order valence-corrected chi connectivity index (χ0v) is 20.2. The van der Waals surface area contributed by atoms with Crippen LogP contribution in [0.4, 0.5) is 10.1 Å². The Balaban J connectivity index is 1.13. The molecule has 2 aliphatic heterocycles. The molecule has 2 saturated heterocycles. The van der Waals surface area contributed by atoms with E-state index in [1.54, 1.807) is 18.5 Å². The zero-order chi connectivity index (χ0) is 24.3. The molecule has 0 bridgehead atoms. The molecule has 182 valence electrons. The van der Waals surface area contributed by atoms with Crippen molar-refractivity contribution < 1.29 is 9.18 Å². The Bertz CT molecular complexity index is 1420. The summed E-state index contributed by atoms with van der Waals surface area (Å²) >= 11 is 0. The fourth-order valence-corrected chi connectivity index (χ4v) is 6.35. The molecule has 4 aromatic rings. The van der Waals surface area contributed by atoms with E-state index in [2.05, 4.69) is 39.1 Å². The Hall–Kier alpha value is -3.67. The van der Waals surface area contributed by atoms with E-state index in [9.17, 15) is 9.18 Å². The number of hydrogen-bond acceptors (Lipinski definition) is 3. The molecule has 1 aromatic heterocycles. The molecule has 1 N–H and O–H groups in total. The van der Waals surface area contributed by atoms with Gasteiger partial charge in [-0.25, -0.2) is 9.37 Å². The lowest BCUT2D eigenvalue weighted by Crippen LogP contribution is -2.62. The number of nitrogens with zero attached hydrogens (tertiary/aromatic N) is 3. The molecule has 3 aromatic carbocycles. The Kier molecular flexibility index (Phi) is 4.91. The molecule has 3 fully saturated rings. The summed E-state index contributed by atoms with van der Waals surface area (Å²) in [6, 6.07) is 22.0. The van der Waals surface area contributed by atoms with E-state index in [0.717, 1.165) is 55.1 Å². The second-order valence-corrected chi connectivity index (χ2v) is 10.7. The number of anilines is 1. The highest BCUT2D eigenvalue weighted by Crippen LogP contribution is 2.56. The first-order valence-corrected chi connectivity index (χ1v) is 12.9. The minimum absolute atomic E-state index is 0.0846. The average molecular weight is 481 g/mol. The lowest BCUT2D eigenvalue weighted by Gasteiger charge is -2.61. The number of piperidine rings is 1. The Labute approximate surface area is 209 Å². The maximum atomic E-state index is 13.6. The molecule has 7 rings (SSSR count). The second kappa shape index (κ2) is 8.19. The third-order valence-electron chi connectivity index (χ3n) is 8.55. The van der Waals surface area contributed by atoms with Gasteiger partial charge >= 0.3 is 0 Å². The summed E-state index contributed by atoms with van der Waals surface area (Å²) in [5.41, 5.74) is 6.39. The van der Waals surface area contributed by atoms with Crippen LogP contribution in [0.5, 0.6) is 0 Å². The second-order valence-electron chi connectivity index (χ2n) is 10.7. The van der Waals surface area contributed by atoms with E-state index in [-0.39, 0.29) is 23.2 Å². The molecule has 0 radical (unpaired) electrons. The third-order valence-corrected chi connectivity index (χ3v) is 8.55. The van der Waals surface area contributed by atoms with Gasteiger partial charge in [-0.2, -0.15) is 0 Å². The minimum Gasteiger partial charge on any atom is -0.363 e. The molecule has 1 unspecified atom stereocenters. The fraction of sp³-hybridized carbons (Fsp3) is 0.333. The normalized spacial score (nSPS) is 21.1. The SMILES string of the molecule is O=C(c1ccc2nc[nH]c2c1)N1CCC2(CC1)CN(c1ccc(F)cc1)C2c1ccc(C2CC2)cc1. The van der Waals surface area contributed by atoms with Gasteiger partial charge in [0, 0.05) is 36.3 Å². The largest absolute Gasteiger partial charge is 0.363 e. The van der Waals surface area contributed by atoms with Crippen molar-refractivity contribution in [1.29, 1.82) is 0 Å². The van der Waals surface area contributed by atoms with Gasteiger partial charge in [0.25, 0.3) is 5.91 Å². The van der Waals surface area contributed by atoms with Crippen molar-refractivity contribution in [1.82, 2.24) is 14.9 Å². The van der Waals surface area contributed by atoms with Crippen molar-refractivity contribution in [2.24, 2.45) is 5.41 Å². The van der Waals surface area contributed by atoms with Gasteiger partial charge in [0.2, 0.25) is 0 Å². The number of aromatic amines is 1. The summed E-state index contributed by atoms with van der Waals surface area (Å²) in [5, 5.41) is 0. The number of hydrogen-bond donors (Lipinski definition) is 1. The van der Waals surface area contributed by atoms with Gasteiger partial charge < -0.3 is 14.8 Å². The van der Waals surface area contributed by atoms with Gasteiger partial charge in [-0.15, -0.1) is 0 Å². The van der Waals surface area contributed by atoms with Crippen LogP contribution in [0.15, 0.2) is 73.1 Å². The quantitative estimate of drug-likeness (QED) is 0.386. The summed E-state index contributed by atoms with van der Waals surface area (Å²) in [6.45, 7) is 2.41. The number of benzene rings is 3. The maximum absolute atomic E-state index is 13.6. The van der Waals surface area contributed by atoms with Gasteiger partial charge in [0.15, 0.2) is 0 Å². The molecule has 6 heteroatoms. The lowest BCUT2D eigenvalue weighted by molar-refractivity contribution is 0.0271. The number of carbonyl (C=O) groups excluding carboxylic acids is 1. The Morgan fingerprint density at radius 3 is 2.39 bits per heavy atom. The van der Waals surface area contributed by atoms with Crippen LogP contribution in [-0.2, 0) is 0 Å². The smallest absolute Gasteiger partial charge is 0.253 e. The first-order valence-electron chi connectivity index (χ1n) is 12.9. The van der Waals surface area contributed by atoms with Crippen LogP contribution in [-0.4, -0.2) is 40.4 Å². The van der Waals surface area contributed by atoms with Crippen molar-refractivity contribution in [2.75, 3.05) is 24.5 Å². The molecule has 36 heavy (non-hydrogen) atoms. The number of carbonyl (C=O) groups is 1. The van der Waals surface area contributed by atoms with Crippen LogP contribution in [0, 0.1) is 11.2 Å². The van der Waals surface area contributed by atoms with Crippen LogP contribution in [0.1, 0.15) is 59.1 Å². The number of likely N-dealkylation sites (tertiary alicyclic amines) is 1. The van der Waals surface area contributed by atoms with Crippen LogP contribution in [0.25, 0.3) is 11.0 Å². The Morgan fingerprint density at radius 2 is 1.67 bits per heavy atom. The fourth-order valence-electron chi connectivity index (χ4n) is 6.35. The van der Waals surface area contributed by atoms with Crippen molar-refractivity contribution in [3.63, 3.8) is 0 Å². The number of amides is 1. The van der Waals surface area contributed by atoms with Gasteiger partial charge in [-0.3, -0.25) is 4.79 Å². The molecule has 1 aliphatic carbocycles. The number of fused-ring (bicyclic) bond motifs is 1. The summed E-state index contributed by atoms with van der Waals surface area (Å²) in [7, 11) is 0. The third kappa shape index (κ3) is 3.58. The molecule has 3 heterocycles. The number of halogens is 1. The number of rotatable bonds is 4. The predicted octanol–water partition coefficient (Wildman–Crippen LogP) is 6.06. The lowest BCUT2D eigenvalue weighted by atomic mass is 9.62. The topological polar surface area (TPSA) is 52.2 Å². The average Bonchev–Trinajstić information content (AvgIpc) is 3.65. The zero-order valence-electron chi connectivity index (χ0n) is 20.2. The maximum Gasteiger partial charge on any atom is 0.253 e. The van der Waals surface area contributed by atoms with Gasteiger partial charge in [0.1, 0.15) is 5.82 Å². The van der Waals surface area contributed by atoms with E-state index in [4.69, 9.17) is 0 Å². The van der Waals surface area contributed by atoms with Crippen molar-refractivity contribution in [3.05, 3.63) is 95.6 Å². The number of imidazole rings is 1. The molecule has 5 nitrogen and oxygen atoms in total. The highest BCUT2D eigenvalue weighted by atomic mass is 19.1. The van der Waals surface area contributed by atoms with E-state index in [1.807, 2.05) is 35.2 Å². The summed E-state index contributed by atoms with van der Waals surface area (Å²) in [6.07, 6.45) is 6.16.